The van der Waals surface area contributed by atoms with Crippen molar-refractivity contribution in [2.45, 2.75) is 71.1 Å². The van der Waals surface area contributed by atoms with Gasteiger partial charge in [-0.05, 0) is 63.1 Å². The first kappa shape index (κ1) is 24.1. The van der Waals surface area contributed by atoms with E-state index in [-0.39, 0.29) is 55.7 Å². The molecule has 36 heavy (non-hydrogen) atoms. The zero-order valence-electron chi connectivity index (χ0n) is 20.9. The lowest BCUT2D eigenvalue weighted by Gasteiger charge is -2.44. The number of esters is 1. The van der Waals surface area contributed by atoms with Crippen LogP contribution in [0.5, 0.6) is 11.5 Å². The molecule has 1 aliphatic carbocycles. The lowest BCUT2D eigenvalue weighted by molar-refractivity contribution is -0.134. The van der Waals surface area contributed by atoms with Crippen LogP contribution >= 0.6 is 0 Å². The molecule has 0 saturated heterocycles. The van der Waals surface area contributed by atoms with Gasteiger partial charge in [0, 0.05) is 18.7 Å². The number of amides is 2. The minimum Gasteiger partial charge on any atom is -0.461 e. The fourth-order valence-electron chi connectivity index (χ4n) is 5.16. The summed E-state index contributed by atoms with van der Waals surface area (Å²) >= 11 is 0. The predicted octanol–water partition coefficient (Wildman–Crippen LogP) is 2.90. The molecule has 2 aromatic rings. The van der Waals surface area contributed by atoms with Crippen molar-refractivity contribution in [3.05, 3.63) is 41.2 Å². The monoisotopic (exact) mass is 496 g/mol. The standard InChI is InChI=1S/C26H32N4O6/c1-4-34-24(32)19-12-20-23(31)29(13-17-7-10-21-22(11-17)36-15-35-21)26(3,14-30(20)28-19)25(33)27-18-8-5-16(2)6-9-18/h7,10-12,16,18H,4-6,8-9,13-15H2,1-3H3,(H,27,33)/t16?,18?,26-/m1/s1. The van der Waals surface area contributed by atoms with Crippen LogP contribution in [-0.4, -0.2) is 57.4 Å². The van der Waals surface area contributed by atoms with Crippen LogP contribution in [0.2, 0.25) is 0 Å². The number of hydrogen-bond acceptors (Lipinski definition) is 7. The molecular weight excluding hydrogens is 464 g/mol. The molecule has 0 spiro atoms. The Labute approximate surface area is 209 Å². The summed E-state index contributed by atoms with van der Waals surface area (Å²) in [6.45, 7) is 6.34. The van der Waals surface area contributed by atoms with Gasteiger partial charge in [0.15, 0.2) is 17.2 Å². The minimum absolute atomic E-state index is 0.0501. The van der Waals surface area contributed by atoms with E-state index in [4.69, 9.17) is 14.2 Å². The number of rotatable bonds is 6. The van der Waals surface area contributed by atoms with Gasteiger partial charge in [0.05, 0.1) is 13.2 Å². The van der Waals surface area contributed by atoms with Crippen molar-refractivity contribution in [2.24, 2.45) is 5.92 Å². The highest BCUT2D eigenvalue weighted by Crippen LogP contribution is 2.35. The quantitative estimate of drug-likeness (QED) is 0.612. The van der Waals surface area contributed by atoms with Crippen LogP contribution in [0.1, 0.15) is 73.0 Å². The normalized spacial score (nSPS) is 24.9. The zero-order valence-corrected chi connectivity index (χ0v) is 20.9. The summed E-state index contributed by atoms with van der Waals surface area (Å²) in [4.78, 5) is 41.4. The fraction of sp³-hybridized carbons (Fsp3) is 0.538. The van der Waals surface area contributed by atoms with Crippen LogP contribution in [0, 0.1) is 5.92 Å². The summed E-state index contributed by atoms with van der Waals surface area (Å²) in [5, 5.41) is 7.52. The van der Waals surface area contributed by atoms with Crippen molar-refractivity contribution in [1.82, 2.24) is 20.0 Å². The van der Waals surface area contributed by atoms with Crippen molar-refractivity contribution in [3.8, 4) is 11.5 Å². The van der Waals surface area contributed by atoms with E-state index in [0.29, 0.717) is 17.4 Å². The van der Waals surface area contributed by atoms with Gasteiger partial charge in [-0.25, -0.2) is 4.79 Å². The van der Waals surface area contributed by atoms with Gasteiger partial charge in [0.25, 0.3) is 5.91 Å². The summed E-state index contributed by atoms with van der Waals surface area (Å²) in [7, 11) is 0. The van der Waals surface area contributed by atoms with E-state index in [1.54, 1.807) is 24.8 Å². The number of nitrogens with zero attached hydrogens (tertiary/aromatic N) is 3. The smallest absolute Gasteiger partial charge is 0.358 e. The molecule has 1 saturated carbocycles. The predicted molar refractivity (Wildman–Crippen MR) is 129 cm³/mol. The Bertz CT molecular complexity index is 1190. The molecule has 3 heterocycles. The van der Waals surface area contributed by atoms with Gasteiger partial charge >= 0.3 is 5.97 Å². The maximum atomic E-state index is 13.8. The van der Waals surface area contributed by atoms with Crippen molar-refractivity contribution in [3.63, 3.8) is 0 Å². The molecule has 1 aromatic carbocycles. The van der Waals surface area contributed by atoms with E-state index in [2.05, 4.69) is 17.3 Å². The highest BCUT2D eigenvalue weighted by Gasteiger charge is 2.48. The molecule has 0 bridgehead atoms. The molecule has 0 unspecified atom stereocenters. The topological polar surface area (TPSA) is 112 Å². The molecule has 1 N–H and O–H groups in total. The van der Waals surface area contributed by atoms with Crippen molar-refractivity contribution in [2.75, 3.05) is 13.4 Å². The Morgan fingerprint density at radius 2 is 1.92 bits per heavy atom. The van der Waals surface area contributed by atoms with Crippen LogP contribution in [0.3, 0.4) is 0 Å². The highest BCUT2D eigenvalue weighted by atomic mass is 16.7. The molecule has 2 amide bonds. The van der Waals surface area contributed by atoms with Crippen molar-refractivity contribution >= 4 is 17.8 Å². The second-order valence-corrected chi connectivity index (χ2v) is 10.1. The summed E-state index contributed by atoms with van der Waals surface area (Å²) in [5.41, 5.74) is -0.122. The van der Waals surface area contributed by atoms with Crippen LogP contribution in [-0.2, 0) is 22.6 Å². The largest absolute Gasteiger partial charge is 0.461 e. The number of ether oxygens (including phenoxy) is 3. The van der Waals surface area contributed by atoms with Gasteiger partial charge in [-0.15, -0.1) is 0 Å². The van der Waals surface area contributed by atoms with Gasteiger partial charge in [0.2, 0.25) is 12.7 Å². The number of carbonyl (C=O) groups excluding carboxylic acids is 3. The van der Waals surface area contributed by atoms with E-state index in [9.17, 15) is 14.4 Å². The third-order valence-corrected chi connectivity index (χ3v) is 7.40. The lowest BCUT2D eigenvalue weighted by Crippen LogP contribution is -2.64. The number of benzene rings is 1. The molecule has 5 rings (SSSR count). The first-order valence-corrected chi connectivity index (χ1v) is 12.5. The minimum atomic E-state index is -1.22. The average molecular weight is 497 g/mol. The molecule has 0 radical (unpaired) electrons. The zero-order chi connectivity index (χ0) is 25.4. The van der Waals surface area contributed by atoms with Crippen LogP contribution < -0.4 is 14.8 Å². The Balaban J connectivity index is 1.46. The third kappa shape index (κ3) is 4.40. The Morgan fingerprint density at radius 3 is 2.67 bits per heavy atom. The first-order valence-electron chi connectivity index (χ1n) is 12.5. The highest BCUT2D eigenvalue weighted by molar-refractivity contribution is 6.01. The summed E-state index contributed by atoms with van der Waals surface area (Å²) < 4.78 is 17.4. The Kier molecular flexibility index (Phi) is 6.36. The molecule has 1 aromatic heterocycles. The molecule has 10 heteroatoms. The fourth-order valence-corrected chi connectivity index (χ4v) is 5.16. The van der Waals surface area contributed by atoms with E-state index in [1.165, 1.54) is 10.7 Å². The van der Waals surface area contributed by atoms with E-state index < -0.39 is 11.5 Å². The van der Waals surface area contributed by atoms with Gasteiger partial charge in [-0.1, -0.05) is 13.0 Å². The van der Waals surface area contributed by atoms with Gasteiger partial charge in [-0.3, -0.25) is 14.3 Å². The number of hydrogen-bond donors (Lipinski definition) is 1. The molecule has 1 fully saturated rings. The maximum Gasteiger partial charge on any atom is 0.358 e. The van der Waals surface area contributed by atoms with Gasteiger partial charge in [-0.2, -0.15) is 5.10 Å². The maximum absolute atomic E-state index is 13.8. The van der Waals surface area contributed by atoms with Gasteiger partial charge < -0.3 is 24.4 Å². The average Bonchev–Trinajstić information content (AvgIpc) is 3.50. The lowest BCUT2D eigenvalue weighted by atomic mass is 9.86. The number of fused-ring (bicyclic) bond motifs is 2. The van der Waals surface area contributed by atoms with E-state index in [0.717, 1.165) is 31.2 Å². The molecule has 1 atom stereocenters. The van der Waals surface area contributed by atoms with E-state index in [1.807, 2.05) is 12.1 Å². The number of nitrogens with one attached hydrogen (secondary N) is 1. The van der Waals surface area contributed by atoms with Crippen LogP contribution in [0.15, 0.2) is 24.3 Å². The van der Waals surface area contributed by atoms with Crippen molar-refractivity contribution < 1.29 is 28.6 Å². The third-order valence-electron chi connectivity index (χ3n) is 7.40. The Hall–Kier alpha value is -3.56. The molecule has 2 aliphatic heterocycles. The van der Waals surface area contributed by atoms with Crippen LogP contribution in [0.25, 0.3) is 0 Å². The SMILES string of the molecule is CCOC(=O)c1cc2n(n1)C[C@](C)(C(=O)NC1CCC(C)CC1)N(Cc1ccc3c(c1)OCO3)C2=O. The molecule has 10 nitrogen and oxygen atoms in total. The molecule has 192 valence electrons. The second kappa shape index (κ2) is 9.48. The number of aromatic nitrogens is 2. The van der Waals surface area contributed by atoms with E-state index >= 15 is 0 Å². The molecule has 3 aliphatic rings. The van der Waals surface area contributed by atoms with Gasteiger partial charge in [0.1, 0.15) is 11.2 Å². The number of carbonyl (C=O) groups is 3. The first-order chi connectivity index (χ1) is 17.3. The summed E-state index contributed by atoms with van der Waals surface area (Å²) in [5.74, 6) is 0.700. The summed E-state index contributed by atoms with van der Waals surface area (Å²) in [6, 6.07) is 6.99. The Morgan fingerprint density at radius 1 is 1.17 bits per heavy atom. The van der Waals surface area contributed by atoms with Crippen LogP contribution in [0.4, 0.5) is 0 Å². The summed E-state index contributed by atoms with van der Waals surface area (Å²) in [6.07, 6.45) is 3.96. The molecular formula is C26H32N4O6. The van der Waals surface area contributed by atoms with Crippen molar-refractivity contribution in [1.29, 1.82) is 0 Å². The second-order valence-electron chi connectivity index (χ2n) is 10.1.